The van der Waals surface area contributed by atoms with Gasteiger partial charge in [0, 0.05) is 26.8 Å². The zero-order valence-corrected chi connectivity index (χ0v) is 8.07. The van der Waals surface area contributed by atoms with Gasteiger partial charge in [-0.05, 0) is 18.8 Å². The number of hydrogen-bond acceptors (Lipinski definition) is 3. The van der Waals surface area contributed by atoms with Crippen molar-refractivity contribution in [3.63, 3.8) is 0 Å². The van der Waals surface area contributed by atoms with Gasteiger partial charge in [-0.25, -0.2) is 0 Å². The smallest absolute Gasteiger partial charge is 0.213 e. The standard InChI is InChI=1S/C8H18N4O/c1-12(8(9)11-10)6-7-2-4-13-5-3-7/h7H,2-6,10H2,1H3,(H2,9,11). The van der Waals surface area contributed by atoms with Crippen molar-refractivity contribution < 1.29 is 4.74 Å². The van der Waals surface area contributed by atoms with Crippen LogP contribution in [0, 0.1) is 5.92 Å². The minimum Gasteiger partial charge on any atom is -0.381 e. The number of nitrogens with two attached hydrogens (primary N) is 2. The fraction of sp³-hybridized carbons (Fsp3) is 0.875. The lowest BCUT2D eigenvalue weighted by Gasteiger charge is -2.27. The van der Waals surface area contributed by atoms with Crippen LogP contribution in [0.5, 0.6) is 0 Å². The third kappa shape index (κ3) is 3.10. The minimum atomic E-state index is 0.395. The summed E-state index contributed by atoms with van der Waals surface area (Å²) in [4.78, 5) is 1.88. The SMILES string of the molecule is CN(CC1CCOCC1)C(N)=NN. The molecule has 0 radical (unpaired) electrons. The Kier molecular flexibility index (Phi) is 3.82. The van der Waals surface area contributed by atoms with Crippen LogP contribution in [-0.4, -0.2) is 37.7 Å². The maximum Gasteiger partial charge on any atom is 0.213 e. The molecule has 0 unspecified atom stereocenters. The lowest BCUT2D eigenvalue weighted by Crippen LogP contribution is -2.39. The van der Waals surface area contributed by atoms with Crippen LogP contribution in [0.3, 0.4) is 0 Å². The second-order valence-corrected chi connectivity index (χ2v) is 3.42. The van der Waals surface area contributed by atoms with Gasteiger partial charge < -0.3 is 21.2 Å². The molecule has 1 fully saturated rings. The van der Waals surface area contributed by atoms with Crippen LogP contribution in [0.1, 0.15) is 12.8 Å². The molecule has 0 aromatic rings. The van der Waals surface area contributed by atoms with Gasteiger partial charge in [0.05, 0.1) is 0 Å². The number of hydrogen-bond donors (Lipinski definition) is 2. The van der Waals surface area contributed by atoms with Crippen molar-refractivity contribution >= 4 is 5.96 Å². The molecule has 1 saturated heterocycles. The van der Waals surface area contributed by atoms with Crippen molar-refractivity contribution in [2.45, 2.75) is 12.8 Å². The summed E-state index contributed by atoms with van der Waals surface area (Å²) < 4.78 is 5.26. The van der Waals surface area contributed by atoms with Crippen molar-refractivity contribution in [3.05, 3.63) is 0 Å². The highest BCUT2D eigenvalue weighted by atomic mass is 16.5. The highest BCUT2D eigenvalue weighted by molar-refractivity contribution is 5.77. The second-order valence-electron chi connectivity index (χ2n) is 3.42. The summed E-state index contributed by atoms with van der Waals surface area (Å²) in [7, 11) is 1.90. The number of hydrazone groups is 1. The van der Waals surface area contributed by atoms with E-state index in [-0.39, 0.29) is 0 Å². The van der Waals surface area contributed by atoms with E-state index in [1.54, 1.807) is 0 Å². The van der Waals surface area contributed by atoms with Crippen LogP contribution in [0.15, 0.2) is 5.10 Å². The zero-order valence-electron chi connectivity index (χ0n) is 8.07. The summed E-state index contributed by atoms with van der Waals surface area (Å²) in [6.07, 6.45) is 2.20. The molecule has 4 N–H and O–H groups in total. The molecule has 13 heavy (non-hydrogen) atoms. The maximum absolute atomic E-state index is 5.55. The molecule has 0 bridgehead atoms. The third-order valence-corrected chi connectivity index (χ3v) is 2.40. The number of guanidine groups is 1. The van der Waals surface area contributed by atoms with Crippen molar-refractivity contribution in [2.24, 2.45) is 22.6 Å². The Bertz CT molecular complexity index is 177. The maximum atomic E-state index is 5.55. The van der Waals surface area contributed by atoms with Crippen molar-refractivity contribution in [3.8, 4) is 0 Å². The normalized spacial score (nSPS) is 20.2. The van der Waals surface area contributed by atoms with Gasteiger partial charge in [0.25, 0.3) is 0 Å². The fourth-order valence-electron chi connectivity index (χ4n) is 1.51. The van der Waals surface area contributed by atoms with E-state index in [0.29, 0.717) is 11.9 Å². The number of rotatable bonds is 2. The first-order chi connectivity index (χ1) is 6.24. The molecule has 0 aliphatic carbocycles. The van der Waals surface area contributed by atoms with Gasteiger partial charge in [0.15, 0.2) is 0 Å². The first kappa shape index (κ1) is 10.1. The van der Waals surface area contributed by atoms with E-state index in [4.69, 9.17) is 16.3 Å². The van der Waals surface area contributed by atoms with E-state index >= 15 is 0 Å². The number of nitrogens with zero attached hydrogens (tertiary/aromatic N) is 2. The van der Waals surface area contributed by atoms with E-state index < -0.39 is 0 Å². The molecule has 1 aliphatic rings. The van der Waals surface area contributed by atoms with E-state index in [2.05, 4.69) is 5.10 Å². The van der Waals surface area contributed by atoms with E-state index in [1.165, 1.54) is 0 Å². The van der Waals surface area contributed by atoms with Crippen molar-refractivity contribution in [1.29, 1.82) is 0 Å². The molecule has 0 amide bonds. The summed E-state index contributed by atoms with van der Waals surface area (Å²) in [5.74, 6) is 6.12. The Hall–Kier alpha value is -0.970. The molecule has 0 atom stereocenters. The largest absolute Gasteiger partial charge is 0.381 e. The van der Waals surface area contributed by atoms with Gasteiger partial charge in [-0.2, -0.15) is 0 Å². The average Bonchev–Trinajstić information content (AvgIpc) is 2.18. The van der Waals surface area contributed by atoms with Gasteiger partial charge in [-0.3, -0.25) is 0 Å². The topological polar surface area (TPSA) is 76.9 Å². The molecule has 1 aliphatic heterocycles. The quantitative estimate of drug-likeness (QED) is 0.265. The zero-order chi connectivity index (χ0) is 9.68. The van der Waals surface area contributed by atoms with Crippen LogP contribution in [0.2, 0.25) is 0 Å². The molecular weight excluding hydrogens is 168 g/mol. The molecular formula is C8H18N4O. The predicted octanol–water partition coefficient (Wildman–Crippen LogP) is -0.467. The van der Waals surface area contributed by atoms with E-state index in [1.807, 2.05) is 11.9 Å². The van der Waals surface area contributed by atoms with Crippen molar-refractivity contribution in [1.82, 2.24) is 4.90 Å². The summed E-state index contributed by atoms with van der Waals surface area (Å²) in [6.45, 7) is 2.63. The molecule has 1 heterocycles. The molecule has 0 aromatic heterocycles. The molecule has 0 aromatic carbocycles. The molecule has 5 nitrogen and oxygen atoms in total. The van der Waals surface area contributed by atoms with Crippen LogP contribution in [-0.2, 0) is 4.74 Å². The lowest BCUT2D eigenvalue weighted by atomic mass is 10.0. The van der Waals surface area contributed by atoms with Gasteiger partial charge >= 0.3 is 0 Å². The first-order valence-corrected chi connectivity index (χ1v) is 4.56. The van der Waals surface area contributed by atoms with Crippen LogP contribution < -0.4 is 11.6 Å². The van der Waals surface area contributed by atoms with Crippen LogP contribution in [0.4, 0.5) is 0 Å². The highest BCUT2D eigenvalue weighted by Crippen LogP contribution is 2.15. The van der Waals surface area contributed by atoms with E-state index in [0.717, 1.165) is 32.6 Å². The monoisotopic (exact) mass is 186 g/mol. The van der Waals surface area contributed by atoms with Crippen LogP contribution >= 0.6 is 0 Å². The Morgan fingerprint density at radius 3 is 2.69 bits per heavy atom. The molecule has 76 valence electrons. The second kappa shape index (κ2) is 4.91. The lowest BCUT2D eigenvalue weighted by molar-refractivity contribution is 0.0611. The summed E-state index contributed by atoms with van der Waals surface area (Å²) in [5.41, 5.74) is 5.55. The summed E-state index contributed by atoms with van der Waals surface area (Å²) >= 11 is 0. The fourth-order valence-corrected chi connectivity index (χ4v) is 1.51. The van der Waals surface area contributed by atoms with Gasteiger partial charge in [0.2, 0.25) is 5.96 Å². The molecule has 5 heteroatoms. The van der Waals surface area contributed by atoms with Crippen molar-refractivity contribution in [2.75, 3.05) is 26.8 Å². The Balaban J connectivity index is 2.30. The summed E-state index contributed by atoms with van der Waals surface area (Å²) in [6, 6.07) is 0. The van der Waals surface area contributed by atoms with E-state index in [9.17, 15) is 0 Å². The Morgan fingerprint density at radius 2 is 2.15 bits per heavy atom. The average molecular weight is 186 g/mol. The molecule has 0 spiro atoms. The van der Waals surface area contributed by atoms with Gasteiger partial charge in [0.1, 0.15) is 0 Å². The van der Waals surface area contributed by atoms with Gasteiger partial charge in [-0.15, -0.1) is 5.10 Å². The Labute approximate surface area is 78.7 Å². The Morgan fingerprint density at radius 1 is 1.54 bits per heavy atom. The predicted molar refractivity (Wildman–Crippen MR) is 52.0 cm³/mol. The van der Waals surface area contributed by atoms with Crippen LogP contribution in [0.25, 0.3) is 0 Å². The van der Waals surface area contributed by atoms with Gasteiger partial charge in [-0.1, -0.05) is 0 Å². The first-order valence-electron chi connectivity index (χ1n) is 4.56. The number of ether oxygens (including phenoxy) is 1. The highest BCUT2D eigenvalue weighted by Gasteiger charge is 2.16. The minimum absolute atomic E-state index is 0.395. The summed E-state index contributed by atoms with van der Waals surface area (Å²) in [5, 5.41) is 3.44. The molecule has 0 saturated carbocycles. The molecule has 1 rings (SSSR count). The third-order valence-electron chi connectivity index (χ3n) is 2.40.